The third-order valence-electron chi connectivity index (χ3n) is 4.04. The molecule has 1 heterocycles. The van der Waals surface area contributed by atoms with Crippen LogP contribution in [0.4, 0.5) is 4.79 Å². The number of hydrogen-bond donors (Lipinski definition) is 2. The fourth-order valence-corrected chi connectivity index (χ4v) is 4.15. The van der Waals surface area contributed by atoms with E-state index in [4.69, 9.17) is 5.11 Å². The average Bonchev–Trinajstić information content (AvgIpc) is 2.54. The number of hydrogen-bond acceptors (Lipinski definition) is 4. The second kappa shape index (κ2) is 6.78. The Bertz CT molecular complexity index is 729. The van der Waals surface area contributed by atoms with Gasteiger partial charge < -0.3 is 15.1 Å². The van der Waals surface area contributed by atoms with Crippen LogP contribution >= 0.6 is 0 Å². The lowest BCUT2D eigenvalue weighted by Gasteiger charge is -2.37. The Morgan fingerprint density at radius 3 is 2.17 bits per heavy atom. The quantitative estimate of drug-likeness (QED) is 0.839. The molecule has 1 unspecified atom stereocenters. The molecule has 1 saturated heterocycles. The van der Waals surface area contributed by atoms with Crippen molar-refractivity contribution in [2.45, 2.75) is 30.7 Å². The SMILES string of the molecule is CC(C)c1ccc(S(=O)(=O)N2CCN(C(=O)O)CC2C(=O)O)cc1. The maximum atomic E-state index is 12.8. The van der Waals surface area contributed by atoms with E-state index in [2.05, 4.69) is 0 Å². The monoisotopic (exact) mass is 356 g/mol. The van der Waals surface area contributed by atoms with E-state index in [-0.39, 0.29) is 23.9 Å². The standard InChI is InChI=1S/C15H20N2O6S/c1-10(2)11-3-5-12(6-4-11)24(22,23)17-8-7-16(15(20)21)9-13(17)14(18)19/h3-6,10,13H,7-9H2,1-2H3,(H,18,19)(H,20,21). The normalized spacial score (nSPS) is 19.5. The Balaban J connectivity index is 2.33. The van der Waals surface area contributed by atoms with Gasteiger partial charge in [-0.1, -0.05) is 26.0 Å². The van der Waals surface area contributed by atoms with Crippen LogP contribution < -0.4 is 0 Å². The van der Waals surface area contributed by atoms with Gasteiger partial charge in [0, 0.05) is 13.1 Å². The van der Waals surface area contributed by atoms with Gasteiger partial charge in [0.2, 0.25) is 10.0 Å². The van der Waals surface area contributed by atoms with Crippen LogP contribution in [0.1, 0.15) is 25.3 Å². The molecule has 1 aliphatic heterocycles. The summed E-state index contributed by atoms with van der Waals surface area (Å²) in [6.07, 6.45) is -1.26. The van der Waals surface area contributed by atoms with Crippen LogP contribution in [-0.4, -0.2) is 65.6 Å². The first kappa shape index (κ1) is 18.2. The molecule has 2 rings (SSSR count). The van der Waals surface area contributed by atoms with Crippen molar-refractivity contribution in [2.75, 3.05) is 19.6 Å². The first-order chi connectivity index (χ1) is 11.1. The highest BCUT2D eigenvalue weighted by Crippen LogP contribution is 2.24. The maximum absolute atomic E-state index is 12.8. The Labute approximate surface area is 140 Å². The molecular formula is C15H20N2O6S. The highest BCUT2D eigenvalue weighted by molar-refractivity contribution is 7.89. The number of carboxylic acids is 1. The van der Waals surface area contributed by atoms with E-state index in [0.717, 1.165) is 14.8 Å². The Hall–Kier alpha value is -2.13. The van der Waals surface area contributed by atoms with Crippen molar-refractivity contribution in [3.8, 4) is 0 Å². The van der Waals surface area contributed by atoms with Gasteiger partial charge in [-0.05, 0) is 23.6 Å². The third kappa shape index (κ3) is 3.51. The number of benzene rings is 1. The molecule has 1 amide bonds. The van der Waals surface area contributed by atoms with Crippen molar-refractivity contribution in [3.63, 3.8) is 0 Å². The zero-order chi connectivity index (χ0) is 18.1. The summed E-state index contributed by atoms with van der Waals surface area (Å²) in [5.41, 5.74) is 0.972. The fourth-order valence-electron chi connectivity index (χ4n) is 2.59. The number of nitrogens with zero attached hydrogens (tertiary/aromatic N) is 2. The molecule has 1 aromatic carbocycles. The van der Waals surface area contributed by atoms with Crippen LogP contribution in [0.2, 0.25) is 0 Å². The zero-order valence-electron chi connectivity index (χ0n) is 13.4. The molecule has 0 saturated carbocycles. The Morgan fingerprint density at radius 2 is 1.71 bits per heavy atom. The molecule has 0 aromatic heterocycles. The number of carboxylic acid groups (broad SMARTS) is 2. The van der Waals surface area contributed by atoms with Crippen LogP contribution in [0.25, 0.3) is 0 Å². The summed E-state index contributed by atoms with van der Waals surface area (Å²) in [6.45, 7) is 3.30. The van der Waals surface area contributed by atoms with Crippen molar-refractivity contribution in [1.82, 2.24) is 9.21 Å². The number of aliphatic carboxylic acids is 1. The summed E-state index contributed by atoms with van der Waals surface area (Å²) >= 11 is 0. The van der Waals surface area contributed by atoms with E-state index in [0.29, 0.717) is 0 Å². The van der Waals surface area contributed by atoms with E-state index in [1.807, 2.05) is 13.8 Å². The minimum absolute atomic E-state index is 0.00178. The molecule has 24 heavy (non-hydrogen) atoms. The summed E-state index contributed by atoms with van der Waals surface area (Å²) in [5, 5.41) is 18.3. The number of amides is 1. The van der Waals surface area contributed by atoms with Gasteiger partial charge in [0.05, 0.1) is 11.4 Å². The Morgan fingerprint density at radius 1 is 1.12 bits per heavy atom. The fraction of sp³-hybridized carbons (Fsp3) is 0.467. The van der Waals surface area contributed by atoms with Gasteiger partial charge in [-0.15, -0.1) is 0 Å². The molecule has 1 aliphatic rings. The molecule has 132 valence electrons. The van der Waals surface area contributed by atoms with Crippen LogP contribution in [0.5, 0.6) is 0 Å². The number of piperazine rings is 1. The molecule has 1 aromatic rings. The molecule has 0 bridgehead atoms. The largest absolute Gasteiger partial charge is 0.480 e. The smallest absolute Gasteiger partial charge is 0.407 e. The number of rotatable bonds is 4. The molecular weight excluding hydrogens is 336 g/mol. The summed E-state index contributed by atoms with van der Waals surface area (Å²) in [7, 11) is -4.01. The average molecular weight is 356 g/mol. The first-order valence-corrected chi connectivity index (χ1v) is 8.91. The summed E-state index contributed by atoms with van der Waals surface area (Å²) in [4.78, 5) is 23.4. The zero-order valence-corrected chi connectivity index (χ0v) is 14.2. The summed E-state index contributed by atoms with van der Waals surface area (Å²) < 4.78 is 26.4. The lowest BCUT2D eigenvalue weighted by molar-refractivity contribution is -0.142. The lowest BCUT2D eigenvalue weighted by atomic mass is 10.0. The minimum atomic E-state index is -4.01. The molecule has 0 spiro atoms. The molecule has 0 radical (unpaired) electrons. The molecule has 9 heteroatoms. The maximum Gasteiger partial charge on any atom is 0.407 e. The Kier molecular flexibility index (Phi) is 5.14. The van der Waals surface area contributed by atoms with Gasteiger partial charge in [0.1, 0.15) is 6.04 Å². The van der Waals surface area contributed by atoms with E-state index in [9.17, 15) is 23.1 Å². The molecule has 2 N–H and O–H groups in total. The number of carbonyl (C=O) groups is 2. The lowest BCUT2D eigenvalue weighted by Crippen LogP contribution is -2.59. The van der Waals surface area contributed by atoms with E-state index >= 15 is 0 Å². The molecule has 1 atom stereocenters. The van der Waals surface area contributed by atoms with E-state index < -0.39 is 34.7 Å². The van der Waals surface area contributed by atoms with Gasteiger partial charge in [0.25, 0.3) is 0 Å². The number of sulfonamides is 1. The van der Waals surface area contributed by atoms with Crippen molar-refractivity contribution in [1.29, 1.82) is 0 Å². The third-order valence-corrected chi connectivity index (χ3v) is 5.96. The van der Waals surface area contributed by atoms with Crippen molar-refractivity contribution in [3.05, 3.63) is 29.8 Å². The van der Waals surface area contributed by atoms with Crippen LogP contribution in [0.15, 0.2) is 29.2 Å². The second-order valence-electron chi connectivity index (χ2n) is 5.92. The van der Waals surface area contributed by atoms with Crippen molar-refractivity contribution < 1.29 is 28.2 Å². The van der Waals surface area contributed by atoms with Crippen molar-refractivity contribution in [2.24, 2.45) is 0 Å². The first-order valence-electron chi connectivity index (χ1n) is 7.47. The molecule has 1 fully saturated rings. The summed E-state index contributed by atoms with van der Waals surface area (Å²) in [6, 6.07) is 4.85. The van der Waals surface area contributed by atoms with Gasteiger partial charge in [-0.3, -0.25) is 4.79 Å². The van der Waals surface area contributed by atoms with Gasteiger partial charge in [-0.2, -0.15) is 4.31 Å². The van der Waals surface area contributed by atoms with Crippen molar-refractivity contribution >= 4 is 22.1 Å². The molecule has 0 aliphatic carbocycles. The predicted molar refractivity (Wildman–Crippen MR) is 85.4 cm³/mol. The summed E-state index contributed by atoms with van der Waals surface area (Å²) in [5.74, 6) is -1.13. The second-order valence-corrected chi connectivity index (χ2v) is 7.81. The van der Waals surface area contributed by atoms with Gasteiger partial charge >= 0.3 is 12.1 Å². The van der Waals surface area contributed by atoms with E-state index in [1.165, 1.54) is 12.1 Å². The van der Waals surface area contributed by atoms with E-state index in [1.54, 1.807) is 12.1 Å². The van der Waals surface area contributed by atoms with Crippen LogP contribution in [0.3, 0.4) is 0 Å². The highest BCUT2D eigenvalue weighted by Gasteiger charge is 2.41. The topological polar surface area (TPSA) is 115 Å². The predicted octanol–water partition coefficient (Wildman–Crippen LogP) is 1.25. The highest BCUT2D eigenvalue weighted by atomic mass is 32.2. The van der Waals surface area contributed by atoms with Crippen LogP contribution in [0, 0.1) is 0 Å². The van der Waals surface area contributed by atoms with Gasteiger partial charge in [-0.25, -0.2) is 13.2 Å². The van der Waals surface area contributed by atoms with Gasteiger partial charge in [0.15, 0.2) is 0 Å². The van der Waals surface area contributed by atoms with Crippen LogP contribution in [-0.2, 0) is 14.8 Å². The molecule has 8 nitrogen and oxygen atoms in total. The minimum Gasteiger partial charge on any atom is -0.480 e.